The van der Waals surface area contributed by atoms with E-state index in [1.165, 1.54) is 19.1 Å². The minimum absolute atomic E-state index is 0.129. The van der Waals surface area contributed by atoms with E-state index in [-0.39, 0.29) is 10.7 Å². The smallest absolute Gasteiger partial charge is 0.241 e. The number of carbonyl (C=O) groups excluding carboxylic acids is 1. The van der Waals surface area contributed by atoms with Gasteiger partial charge in [0.05, 0.1) is 4.90 Å². The molecule has 0 amide bonds. The number of ketones is 1. The molecular formula is C14H21NO3S. The lowest BCUT2D eigenvalue weighted by molar-refractivity contribution is 0.101. The highest BCUT2D eigenvalue weighted by Gasteiger charge is 2.25. The summed E-state index contributed by atoms with van der Waals surface area (Å²) in [5.74, 6) is -0.148. The molecule has 0 fully saturated rings. The van der Waals surface area contributed by atoms with Crippen LogP contribution < -0.4 is 4.72 Å². The predicted octanol–water partition coefficient (Wildman–Crippen LogP) is 2.75. The lowest BCUT2D eigenvalue weighted by Crippen LogP contribution is -2.43. The summed E-state index contributed by atoms with van der Waals surface area (Å²) in [4.78, 5) is 11.4. The first-order valence-corrected chi connectivity index (χ1v) is 7.81. The molecule has 0 radical (unpaired) electrons. The van der Waals surface area contributed by atoms with Crippen LogP contribution in [-0.2, 0) is 10.0 Å². The molecule has 1 rings (SSSR count). The van der Waals surface area contributed by atoms with Crippen molar-refractivity contribution in [3.8, 4) is 0 Å². The number of Topliss-reactive ketones (excluding diaryl/α,β-unsaturated/α-hetero) is 1. The van der Waals surface area contributed by atoms with Gasteiger partial charge >= 0.3 is 0 Å². The Balaban J connectivity index is 3.07. The molecule has 0 aliphatic heterocycles. The van der Waals surface area contributed by atoms with E-state index in [1.807, 2.05) is 20.8 Å². The van der Waals surface area contributed by atoms with Crippen molar-refractivity contribution in [1.82, 2.24) is 4.72 Å². The van der Waals surface area contributed by atoms with Gasteiger partial charge in [-0.2, -0.15) is 0 Å². The third-order valence-electron chi connectivity index (χ3n) is 2.84. The summed E-state index contributed by atoms with van der Waals surface area (Å²) < 4.78 is 27.2. The van der Waals surface area contributed by atoms with E-state index in [9.17, 15) is 13.2 Å². The summed E-state index contributed by atoms with van der Waals surface area (Å²) in [5, 5.41) is 0. The number of carbonyl (C=O) groups is 1. The van der Waals surface area contributed by atoms with Gasteiger partial charge in [0.15, 0.2) is 5.78 Å². The molecule has 0 saturated heterocycles. The minimum Gasteiger partial charge on any atom is -0.295 e. The zero-order valence-electron chi connectivity index (χ0n) is 11.9. The largest absolute Gasteiger partial charge is 0.295 e. The molecule has 0 saturated carbocycles. The zero-order valence-corrected chi connectivity index (χ0v) is 12.7. The molecule has 0 aliphatic carbocycles. The Morgan fingerprint density at radius 3 is 2.47 bits per heavy atom. The van der Waals surface area contributed by atoms with Crippen LogP contribution in [0.5, 0.6) is 0 Å². The first-order chi connectivity index (χ1) is 8.68. The summed E-state index contributed by atoms with van der Waals surface area (Å²) in [6, 6.07) is 6.10. The molecule has 106 valence electrons. The molecule has 19 heavy (non-hydrogen) atoms. The van der Waals surface area contributed by atoms with Crippen LogP contribution >= 0.6 is 0 Å². The highest BCUT2D eigenvalue weighted by atomic mass is 32.2. The maximum absolute atomic E-state index is 12.3. The maximum atomic E-state index is 12.3. The number of hydrogen-bond acceptors (Lipinski definition) is 3. The third kappa shape index (κ3) is 4.44. The van der Waals surface area contributed by atoms with Crippen molar-refractivity contribution in [2.75, 3.05) is 0 Å². The van der Waals surface area contributed by atoms with Crippen LogP contribution in [0.1, 0.15) is 50.9 Å². The van der Waals surface area contributed by atoms with Gasteiger partial charge in [0.1, 0.15) is 0 Å². The number of nitrogens with one attached hydrogen (secondary N) is 1. The van der Waals surface area contributed by atoms with Crippen LogP contribution in [0.4, 0.5) is 0 Å². The van der Waals surface area contributed by atoms with E-state index < -0.39 is 15.6 Å². The quantitative estimate of drug-likeness (QED) is 0.816. The van der Waals surface area contributed by atoms with Crippen molar-refractivity contribution in [1.29, 1.82) is 0 Å². The molecule has 0 atom stereocenters. The molecular weight excluding hydrogens is 262 g/mol. The number of benzene rings is 1. The van der Waals surface area contributed by atoms with Crippen molar-refractivity contribution < 1.29 is 13.2 Å². The number of rotatable bonds is 6. The number of sulfonamides is 1. The van der Waals surface area contributed by atoms with Crippen molar-refractivity contribution >= 4 is 15.8 Å². The van der Waals surface area contributed by atoms with Crippen molar-refractivity contribution in [2.45, 2.75) is 51.0 Å². The average molecular weight is 283 g/mol. The van der Waals surface area contributed by atoms with E-state index in [0.29, 0.717) is 5.56 Å². The minimum atomic E-state index is -3.60. The Hall–Kier alpha value is -1.20. The summed E-state index contributed by atoms with van der Waals surface area (Å²) >= 11 is 0. The van der Waals surface area contributed by atoms with Crippen LogP contribution in [0.25, 0.3) is 0 Å². The Labute approximate surface area is 115 Å². The van der Waals surface area contributed by atoms with Gasteiger partial charge in [-0.05, 0) is 39.3 Å². The van der Waals surface area contributed by atoms with Gasteiger partial charge in [0.2, 0.25) is 10.0 Å². The predicted molar refractivity (Wildman–Crippen MR) is 75.8 cm³/mol. The van der Waals surface area contributed by atoms with E-state index in [4.69, 9.17) is 0 Å². The van der Waals surface area contributed by atoms with Gasteiger partial charge in [-0.15, -0.1) is 0 Å². The van der Waals surface area contributed by atoms with E-state index >= 15 is 0 Å². The van der Waals surface area contributed by atoms with Gasteiger partial charge in [0.25, 0.3) is 0 Å². The molecule has 0 unspecified atom stereocenters. The second kappa shape index (κ2) is 5.84. The van der Waals surface area contributed by atoms with E-state index in [1.54, 1.807) is 12.1 Å². The van der Waals surface area contributed by atoms with E-state index in [2.05, 4.69) is 4.72 Å². The summed E-state index contributed by atoms with van der Waals surface area (Å²) in [7, 11) is -3.60. The van der Waals surface area contributed by atoms with Gasteiger partial charge in [-0.3, -0.25) is 4.79 Å². The zero-order chi connectivity index (χ0) is 14.7. The Bertz CT molecular complexity index is 562. The molecule has 1 aromatic rings. The van der Waals surface area contributed by atoms with Crippen LogP contribution in [0.2, 0.25) is 0 Å². The molecule has 4 nitrogen and oxygen atoms in total. The summed E-state index contributed by atoms with van der Waals surface area (Å²) in [6.45, 7) is 7.12. The highest BCUT2D eigenvalue weighted by molar-refractivity contribution is 7.89. The third-order valence-corrected chi connectivity index (χ3v) is 4.53. The summed E-state index contributed by atoms with van der Waals surface area (Å²) in [6.07, 6.45) is 1.64. The molecule has 5 heteroatoms. The Morgan fingerprint density at radius 2 is 1.95 bits per heavy atom. The van der Waals surface area contributed by atoms with Gasteiger partial charge in [-0.25, -0.2) is 13.1 Å². The van der Waals surface area contributed by atoms with Crippen LogP contribution in [-0.4, -0.2) is 19.7 Å². The molecule has 0 aromatic heterocycles. The second-order valence-electron chi connectivity index (χ2n) is 5.32. The average Bonchev–Trinajstić information content (AvgIpc) is 2.27. The molecule has 0 spiro atoms. The fourth-order valence-electron chi connectivity index (χ4n) is 1.98. The maximum Gasteiger partial charge on any atom is 0.241 e. The monoisotopic (exact) mass is 283 g/mol. The molecule has 0 bridgehead atoms. The van der Waals surface area contributed by atoms with Crippen molar-refractivity contribution in [3.05, 3.63) is 29.8 Å². The van der Waals surface area contributed by atoms with Gasteiger partial charge in [0, 0.05) is 11.1 Å². The number of hydrogen-bond donors (Lipinski definition) is 1. The SMILES string of the molecule is CCCC(C)(C)NS(=O)(=O)c1cccc(C(C)=O)c1. The van der Waals surface area contributed by atoms with Crippen LogP contribution in [0, 0.1) is 0 Å². The van der Waals surface area contributed by atoms with Crippen molar-refractivity contribution in [3.63, 3.8) is 0 Å². The first-order valence-electron chi connectivity index (χ1n) is 6.33. The summed E-state index contributed by atoms with van der Waals surface area (Å²) in [5.41, 5.74) is -0.101. The van der Waals surface area contributed by atoms with E-state index in [0.717, 1.165) is 12.8 Å². The molecule has 0 aliphatic rings. The van der Waals surface area contributed by atoms with Gasteiger partial charge < -0.3 is 0 Å². The van der Waals surface area contributed by atoms with Gasteiger partial charge in [-0.1, -0.05) is 25.5 Å². The van der Waals surface area contributed by atoms with Crippen LogP contribution in [0.3, 0.4) is 0 Å². The van der Waals surface area contributed by atoms with Crippen molar-refractivity contribution in [2.24, 2.45) is 0 Å². The molecule has 1 aromatic carbocycles. The first kappa shape index (κ1) is 15.9. The molecule has 1 N–H and O–H groups in total. The molecule has 0 heterocycles. The Morgan fingerprint density at radius 1 is 1.32 bits per heavy atom. The fraction of sp³-hybridized carbons (Fsp3) is 0.500. The topological polar surface area (TPSA) is 63.2 Å². The Kier molecular flexibility index (Phi) is 4.87. The lowest BCUT2D eigenvalue weighted by Gasteiger charge is -2.25. The normalized spacial score (nSPS) is 12.4. The van der Waals surface area contributed by atoms with Crippen LogP contribution in [0.15, 0.2) is 29.2 Å². The standard InChI is InChI=1S/C14H21NO3S/c1-5-9-14(3,4)15-19(17,18)13-8-6-7-12(10-13)11(2)16/h6-8,10,15H,5,9H2,1-4H3. The lowest BCUT2D eigenvalue weighted by atomic mass is 10.0. The fourth-order valence-corrected chi connectivity index (χ4v) is 3.47. The second-order valence-corrected chi connectivity index (χ2v) is 7.01. The highest BCUT2D eigenvalue weighted by Crippen LogP contribution is 2.18.